The van der Waals surface area contributed by atoms with Crippen molar-refractivity contribution in [2.75, 3.05) is 20.3 Å². The zero-order chi connectivity index (χ0) is 20.7. The van der Waals surface area contributed by atoms with Crippen LogP contribution in [0.1, 0.15) is 71.1 Å². The number of carbonyl (C=O) groups excluding carboxylic acids is 1. The van der Waals surface area contributed by atoms with Gasteiger partial charge in [0.1, 0.15) is 12.7 Å². The van der Waals surface area contributed by atoms with Gasteiger partial charge in [-0.25, -0.2) is 0 Å². The molecular weight excluding hydrogens is 352 g/mol. The first-order chi connectivity index (χ1) is 13.7. The third-order valence-corrected chi connectivity index (χ3v) is 4.18. The van der Waals surface area contributed by atoms with Crippen LogP contribution in [0.3, 0.4) is 0 Å². The van der Waals surface area contributed by atoms with Gasteiger partial charge in [0.05, 0.1) is 6.61 Å². The zero-order valence-corrected chi connectivity index (χ0v) is 17.9. The molecule has 0 aromatic heterocycles. The Kier molecular flexibility index (Phi) is 20.4. The van der Waals surface area contributed by atoms with E-state index in [1.165, 1.54) is 32.8 Å². The third kappa shape index (κ3) is 19.1. The number of carbonyl (C=O) groups is 1. The van der Waals surface area contributed by atoms with E-state index in [0.29, 0.717) is 6.42 Å². The highest BCUT2D eigenvalue weighted by Gasteiger charge is 2.09. The molecule has 0 saturated heterocycles. The van der Waals surface area contributed by atoms with Crippen molar-refractivity contribution in [3.63, 3.8) is 0 Å². The molecule has 0 bridgehead atoms. The summed E-state index contributed by atoms with van der Waals surface area (Å²) in [5.74, 6) is -0.244. The highest BCUT2D eigenvalue weighted by molar-refractivity contribution is 5.69. The predicted octanol–water partition coefficient (Wildman–Crippen LogP) is 5.68. The number of methoxy groups -OCH3 is 1. The second kappa shape index (κ2) is 21.6. The van der Waals surface area contributed by atoms with Gasteiger partial charge in [-0.1, -0.05) is 68.4 Å². The van der Waals surface area contributed by atoms with Crippen LogP contribution in [-0.4, -0.2) is 37.5 Å². The van der Waals surface area contributed by atoms with Gasteiger partial charge >= 0.3 is 5.97 Å². The summed E-state index contributed by atoms with van der Waals surface area (Å²) < 4.78 is 9.98. The minimum atomic E-state index is -0.433. The topological polar surface area (TPSA) is 55.8 Å². The fourth-order valence-corrected chi connectivity index (χ4v) is 2.38. The molecule has 0 aliphatic carbocycles. The van der Waals surface area contributed by atoms with Gasteiger partial charge in [0.2, 0.25) is 0 Å². The number of esters is 1. The van der Waals surface area contributed by atoms with Crippen LogP contribution in [-0.2, 0) is 14.3 Å². The van der Waals surface area contributed by atoms with E-state index in [2.05, 4.69) is 55.5 Å². The largest absolute Gasteiger partial charge is 0.463 e. The van der Waals surface area contributed by atoms with Crippen molar-refractivity contribution >= 4 is 5.97 Å². The van der Waals surface area contributed by atoms with Crippen LogP contribution in [0.15, 0.2) is 48.6 Å². The Morgan fingerprint density at radius 1 is 0.857 bits per heavy atom. The van der Waals surface area contributed by atoms with Gasteiger partial charge in [-0.2, -0.15) is 0 Å². The van der Waals surface area contributed by atoms with Crippen molar-refractivity contribution in [3.8, 4) is 0 Å². The van der Waals surface area contributed by atoms with Crippen molar-refractivity contribution in [1.29, 1.82) is 0 Å². The van der Waals surface area contributed by atoms with Crippen LogP contribution in [0.4, 0.5) is 0 Å². The number of aliphatic hydroxyl groups excluding tert-OH is 1. The van der Waals surface area contributed by atoms with Crippen LogP contribution in [0.25, 0.3) is 0 Å². The van der Waals surface area contributed by atoms with E-state index in [4.69, 9.17) is 14.6 Å². The molecule has 0 aliphatic heterocycles. The summed E-state index contributed by atoms with van der Waals surface area (Å²) in [6.45, 7) is 2.19. The lowest BCUT2D eigenvalue weighted by Gasteiger charge is -2.12. The lowest BCUT2D eigenvalue weighted by Crippen LogP contribution is -2.24. The Hall–Kier alpha value is -1.65. The molecule has 0 aliphatic rings. The van der Waals surface area contributed by atoms with Crippen molar-refractivity contribution in [3.05, 3.63) is 48.6 Å². The molecule has 0 heterocycles. The van der Waals surface area contributed by atoms with Crippen LogP contribution in [0.2, 0.25) is 0 Å². The number of allylic oxidation sites excluding steroid dienone is 8. The highest BCUT2D eigenvalue weighted by Crippen LogP contribution is 2.02. The van der Waals surface area contributed by atoms with Gasteiger partial charge in [0.25, 0.3) is 0 Å². The van der Waals surface area contributed by atoms with Crippen LogP contribution in [0, 0.1) is 0 Å². The molecule has 1 N–H and O–H groups in total. The molecule has 0 saturated carbocycles. The Morgan fingerprint density at radius 3 is 1.89 bits per heavy atom. The minimum absolute atomic E-state index is 0.107. The average Bonchev–Trinajstić information content (AvgIpc) is 2.71. The summed E-state index contributed by atoms with van der Waals surface area (Å²) >= 11 is 0. The number of hydrogen-bond donors (Lipinski definition) is 1. The highest BCUT2D eigenvalue weighted by atomic mass is 16.6. The molecule has 0 fully saturated rings. The Morgan fingerprint density at radius 2 is 1.39 bits per heavy atom. The monoisotopic (exact) mass is 392 g/mol. The summed E-state index contributed by atoms with van der Waals surface area (Å²) in [5.41, 5.74) is 0. The minimum Gasteiger partial charge on any atom is -0.463 e. The first-order valence-corrected chi connectivity index (χ1v) is 10.6. The molecule has 1 unspecified atom stereocenters. The smallest absolute Gasteiger partial charge is 0.305 e. The fourth-order valence-electron chi connectivity index (χ4n) is 2.38. The van der Waals surface area contributed by atoms with E-state index in [9.17, 15) is 4.79 Å². The molecule has 0 aromatic rings. The second-order valence-corrected chi connectivity index (χ2v) is 6.70. The van der Waals surface area contributed by atoms with Crippen molar-refractivity contribution in [2.45, 2.75) is 77.2 Å². The zero-order valence-electron chi connectivity index (χ0n) is 17.9. The maximum Gasteiger partial charge on any atom is 0.305 e. The van der Waals surface area contributed by atoms with Crippen LogP contribution >= 0.6 is 0 Å². The normalized spacial score (nSPS) is 13.4. The first-order valence-electron chi connectivity index (χ1n) is 10.6. The lowest BCUT2D eigenvalue weighted by molar-refractivity contribution is -0.148. The van der Waals surface area contributed by atoms with Crippen LogP contribution in [0.5, 0.6) is 0 Å². The molecule has 1 atom stereocenters. The van der Waals surface area contributed by atoms with Gasteiger partial charge in [0.15, 0.2) is 0 Å². The molecule has 28 heavy (non-hydrogen) atoms. The summed E-state index contributed by atoms with van der Waals surface area (Å²) in [7, 11) is 1.48. The molecule has 0 amide bonds. The van der Waals surface area contributed by atoms with Crippen molar-refractivity contribution < 1.29 is 19.4 Å². The summed E-state index contributed by atoms with van der Waals surface area (Å²) in [6.07, 6.45) is 27.1. The molecular formula is C24H40O4. The number of rotatable bonds is 18. The summed E-state index contributed by atoms with van der Waals surface area (Å²) in [6, 6.07) is 0. The number of ether oxygens (including phenoxy) is 2. The standard InChI is InChI=1S/C24H40O4/c1-3-4-5-6-7-8-9-10-11-12-13-14-15-16-17-18-19-20-24(26)28-22-23(21-25)27-2/h7-8,10-11,13-14,16-17,23,25H,3-6,9,12,15,18-22H2,1-2H3/b8-7-,11-10-,14-13-,17-16-. The fraction of sp³-hybridized carbons (Fsp3) is 0.625. The Balaban J connectivity index is 3.53. The van der Waals surface area contributed by atoms with Gasteiger partial charge in [-0.15, -0.1) is 0 Å². The molecule has 160 valence electrons. The van der Waals surface area contributed by atoms with Crippen LogP contribution < -0.4 is 0 Å². The second-order valence-electron chi connectivity index (χ2n) is 6.70. The van der Waals surface area contributed by atoms with E-state index < -0.39 is 6.10 Å². The van der Waals surface area contributed by atoms with Gasteiger partial charge in [-0.3, -0.25) is 4.79 Å². The van der Waals surface area contributed by atoms with E-state index >= 15 is 0 Å². The van der Waals surface area contributed by atoms with E-state index in [0.717, 1.165) is 32.1 Å². The van der Waals surface area contributed by atoms with E-state index in [-0.39, 0.29) is 19.2 Å². The molecule has 0 spiro atoms. The molecule has 4 heteroatoms. The van der Waals surface area contributed by atoms with Crippen molar-refractivity contribution in [1.82, 2.24) is 0 Å². The Labute approximate surface area is 172 Å². The molecule has 0 radical (unpaired) electrons. The van der Waals surface area contributed by atoms with Gasteiger partial charge in [-0.05, 0) is 44.9 Å². The number of hydrogen-bond acceptors (Lipinski definition) is 4. The molecule has 0 aromatic carbocycles. The quantitative estimate of drug-likeness (QED) is 0.185. The molecule has 0 rings (SSSR count). The predicted molar refractivity (Wildman–Crippen MR) is 117 cm³/mol. The summed E-state index contributed by atoms with van der Waals surface area (Å²) in [4.78, 5) is 11.5. The van der Waals surface area contributed by atoms with Crippen molar-refractivity contribution in [2.24, 2.45) is 0 Å². The number of unbranched alkanes of at least 4 members (excludes halogenated alkanes) is 4. The maximum absolute atomic E-state index is 11.5. The van der Waals surface area contributed by atoms with Gasteiger partial charge < -0.3 is 14.6 Å². The van der Waals surface area contributed by atoms with E-state index in [1.807, 2.05) is 0 Å². The molecule has 4 nitrogen and oxygen atoms in total. The third-order valence-electron chi connectivity index (χ3n) is 4.18. The first kappa shape index (κ1) is 26.4. The number of aliphatic hydroxyl groups is 1. The van der Waals surface area contributed by atoms with E-state index in [1.54, 1.807) is 0 Å². The average molecular weight is 393 g/mol. The lowest BCUT2D eigenvalue weighted by atomic mass is 10.2. The van der Waals surface area contributed by atoms with Gasteiger partial charge in [0, 0.05) is 13.5 Å². The Bertz CT molecular complexity index is 459. The maximum atomic E-state index is 11.5. The SMILES string of the molecule is CCCCC/C=C\C/C=C\C/C=C\C/C=C\CCCC(=O)OCC(CO)OC. The summed E-state index contributed by atoms with van der Waals surface area (Å²) in [5, 5.41) is 8.93.